The Bertz CT molecular complexity index is 2490. The van der Waals surface area contributed by atoms with Crippen molar-refractivity contribution in [3.63, 3.8) is 0 Å². The molecule has 1 N–H and O–H groups in total. The molecule has 85 heavy (non-hydrogen) atoms. The van der Waals surface area contributed by atoms with Gasteiger partial charge in [0.2, 0.25) is 0 Å². The zero-order chi connectivity index (χ0) is 59.5. The number of hydrogen-bond donors (Lipinski definition) is 1. The van der Waals surface area contributed by atoms with Crippen LogP contribution in [-0.4, -0.2) is 62.2 Å². The van der Waals surface area contributed by atoms with E-state index in [2.05, 4.69) is 54.6 Å². The molecule has 0 aromatic heterocycles. The summed E-state index contributed by atoms with van der Waals surface area (Å²) in [5, 5.41) is 37.7. The normalized spacial score (nSPS) is 11.2. The number of aliphatic hydroxyl groups excluding tert-OH is 1. The molecule has 0 aliphatic heterocycles. The van der Waals surface area contributed by atoms with Crippen LogP contribution in [0.3, 0.4) is 0 Å². The highest BCUT2D eigenvalue weighted by molar-refractivity contribution is 5.67. The third-order valence-corrected chi connectivity index (χ3v) is 17.1. The van der Waals surface area contributed by atoms with Gasteiger partial charge in [0.15, 0.2) is 0 Å². The van der Waals surface area contributed by atoms with Gasteiger partial charge < -0.3 is 23.8 Å². The molecule has 6 aromatic carbocycles. The average molecular weight is 1150 g/mol. The lowest BCUT2D eigenvalue weighted by molar-refractivity contribution is -0.929. The van der Waals surface area contributed by atoms with Gasteiger partial charge in [-0.3, -0.25) is 0 Å². The van der Waals surface area contributed by atoms with E-state index in [1.807, 2.05) is 109 Å². The predicted molar refractivity (Wildman–Crippen MR) is 352 cm³/mol. The number of nitriles is 3. The van der Waals surface area contributed by atoms with Crippen LogP contribution in [0.25, 0.3) is 33.4 Å². The van der Waals surface area contributed by atoms with E-state index in [0.29, 0.717) is 23.3 Å². The maximum absolute atomic E-state index is 10.4. The van der Waals surface area contributed by atoms with Gasteiger partial charge in [0.1, 0.15) is 23.8 Å². The van der Waals surface area contributed by atoms with Crippen molar-refractivity contribution in [2.24, 2.45) is 0 Å². The van der Waals surface area contributed by atoms with Gasteiger partial charge in [0.25, 0.3) is 0 Å². The monoisotopic (exact) mass is 1150 g/mol. The Balaban J connectivity index is 0.790. The molecule has 0 radical (unpaired) electrons. The molecule has 0 fully saturated rings. The first-order chi connectivity index (χ1) is 42.0. The maximum atomic E-state index is 10.4. The number of ether oxygens (including phenoxy) is 3. The fourth-order valence-electron chi connectivity index (χ4n) is 11.8. The van der Waals surface area contributed by atoms with Gasteiger partial charge in [-0.15, -0.1) is 0 Å². The Morgan fingerprint density at radius 2 is 0.435 bits per heavy atom. The zero-order valence-corrected chi connectivity index (χ0v) is 51.7. The van der Waals surface area contributed by atoms with E-state index in [0.717, 1.165) is 101 Å². The van der Waals surface area contributed by atoms with E-state index in [1.54, 1.807) is 0 Å². The summed E-state index contributed by atoms with van der Waals surface area (Å²) in [6, 6.07) is 54.5. The van der Waals surface area contributed by atoms with Gasteiger partial charge in [-0.2, -0.15) is 15.8 Å². The minimum atomic E-state index is 0.292. The van der Waals surface area contributed by atoms with Crippen LogP contribution in [0.2, 0.25) is 0 Å². The van der Waals surface area contributed by atoms with Gasteiger partial charge >= 0.3 is 0 Å². The number of nitrogens with zero attached hydrogens (tertiary/aromatic N) is 4. The standard InChI is InChI=1S/C77H101N4O4/c78-63-66-31-37-69(38-32-66)72-43-49-75(50-44-72)83-60-28-22-16-10-4-1-7-13-19-25-55-81(58-59-82,56-26-20-14-8-2-5-11-17-23-29-61-84-76-51-45-73(46-52-76)70-39-33-67(64-79)34-40-70)57-27-21-15-9-3-6-12-18-24-30-62-85-77-53-47-74(48-54-77)71-41-35-68(65-80)36-42-71/h31-54,82H,1-30,55-62H2/q+1. The van der Waals surface area contributed by atoms with E-state index in [1.165, 1.54) is 193 Å². The third kappa shape index (κ3) is 27.4. The van der Waals surface area contributed by atoms with E-state index in [4.69, 9.17) is 30.0 Å². The van der Waals surface area contributed by atoms with Crippen molar-refractivity contribution in [2.75, 3.05) is 52.6 Å². The van der Waals surface area contributed by atoms with Crippen LogP contribution in [0.1, 0.15) is 209 Å². The highest BCUT2D eigenvalue weighted by Gasteiger charge is 2.25. The first-order valence-electron chi connectivity index (χ1n) is 33.2. The van der Waals surface area contributed by atoms with E-state index >= 15 is 0 Å². The summed E-state index contributed by atoms with van der Waals surface area (Å²) in [4.78, 5) is 0. The first-order valence-corrected chi connectivity index (χ1v) is 33.2. The Morgan fingerprint density at radius 1 is 0.247 bits per heavy atom. The summed E-state index contributed by atoms with van der Waals surface area (Å²) in [7, 11) is 0. The van der Waals surface area contributed by atoms with Gasteiger partial charge in [0, 0.05) is 0 Å². The number of aliphatic hydroxyl groups is 1. The second kappa shape index (κ2) is 42.0. The molecule has 0 atom stereocenters. The van der Waals surface area contributed by atoms with Gasteiger partial charge in [-0.25, -0.2) is 0 Å². The molecule has 6 rings (SSSR count). The van der Waals surface area contributed by atoms with Crippen LogP contribution in [0.15, 0.2) is 146 Å². The Kier molecular flexibility index (Phi) is 33.2. The van der Waals surface area contributed by atoms with Crippen molar-refractivity contribution in [1.29, 1.82) is 15.8 Å². The number of benzene rings is 6. The smallest absolute Gasteiger partial charge is 0.119 e. The maximum Gasteiger partial charge on any atom is 0.119 e. The zero-order valence-electron chi connectivity index (χ0n) is 51.7. The first kappa shape index (κ1) is 67.2. The van der Waals surface area contributed by atoms with Crippen LogP contribution in [0.4, 0.5) is 0 Å². The Labute approximate surface area is 513 Å². The molecule has 0 saturated heterocycles. The molecule has 0 amide bonds. The number of quaternary nitrogens is 1. The quantitative estimate of drug-likeness (QED) is 0.0298. The van der Waals surface area contributed by atoms with E-state index < -0.39 is 0 Å². The van der Waals surface area contributed by atoms with Crippen LogP contribution in [0, 0.1) is 34.0 Å². The van der Waals surface area contributed by atoms with Gasteiger partial charge in [-0.1, -0.05) is 208 Å². The van der Waals surface area contributed by atoms with Crippen LogP contribution >= 0.6 is 0 Å². The fraction of sp³-hybridized carbons (Fsp3) is 0.494. The molecule has 6 aromatic rings. The minimum absolute atomic E-state index is 0.292. The largest absolute Gasteiger partial charge is 0.494 e. The molecule has 0 heterocycles. The lowest BCUT2D eigenvalue weighted by Crippen LogP contribution is -2.51. The second-order valence-corrected chi connectivity index (χ2v) is 23.8. The van der Waals surface area contributed by atoms with Crippen LogP contribution in [0.5, 0.6) is 17.2 Å². The SMILES string of the molecule is N#Cc1ccc(-c2ccc(OCCCCCCCCCCCC[N+](CCO)(CCCCCCCCCCCCOc3ccc(-c4ccc(C#N)cc4)cc3)CCCCCCCCCCCCOc3ccc(-c4ccc(C#N)cc4)cc3)cc2)cc1. The second-order valence-electron chi connectivity index (χ2n) is 23.8. The molecule has 0 bridgehead atoms. The lowest BCUT2D eigenvalue weighted by atomic mass is 10.0. The molecule has 0 unspecified atom stereocenters. The molecular weight excluding hydrogens is 1040 g/mol. The fourth-order valence-corrected chi connectivity index (χ4v) is 11.8. The number of rotatable bonds is 47. The molecule has 8 nitrogen and oxygen atoms in total. The summed E-state index contributed by atoms with van der Waals surface area (Å²) in [5.74, 6) is 2.75. The summed E-state index contributed by atoms with van der Waals surface area (Å²) >= 11 is 0. The predicted octanol–water partition coefficient (Wildman–Crippen LogP) is 20.4. The third-order valence-electron chi connectivity index (χ3n) is 17.1. The molecule has 452 valence electrons. The van der Waals surface area contributed by atoms with Crippen molar-refractivity contribution in [1.82, 2.24) is 0 Å². The number of unbranched alkanes of at least 4 members (excludes halogenated alkanes) is 27. The molecule has 8 heteroatoms. The van der Waals surface area contributed by atoms with Gasteiger partial charge in [0.05, 0.1) is 81.0 Å². The summed E-state index contributed by atoms with van der Waals surface area (Å²) in [5.41, 5.74) is 8.75. The summed E-state index contributed by atoms with van der Waals surface area (Å²) in [6.07, 6.45) is 38.4. The average Bonchev–Trinajstić information content (AvgIpc) is 3.61. The summed E-state index contributed by atoms with van der Waals surface area (Å²) in [6.45, 7) is 7.14. The van der Waals surface area contributed by atoms with Crippen molar-refractivity contribution in [2.45, 2.75) is 193 Å². The minimum Gasteiger partial charge on any atom is -0.494 e. The Hall–Kier alpha value is -6.89. The molecule has 0 spiro atoms. The van der Waals surface area contributed by atoms with Crippen LogP contribution in [-0.2, 0) is 0 Å². The Morgan fingerprint density at radius 3 is 0.635 bits per heavy atom. The molecular formula is C77H101N4O4+. The molecule has 0 saturated carbocycles. The van der Waals surface area contributed by atoms with Gasteiger partial charge in [-0.05, 0) is 164 Å². The summed E-state index contributed by atoms with van der Waals surface area (Å²) < 4.78 is 19.3. The topological polar surface area (TPSA) is 119 Å². The van der Waals surface area contributed by atoms with E-state index in [-0.39, 0.29) is 0 Å². The van der Waals surface area contributed by atoms with Crippen LogP contribution < -0.4 is 14.2 Å². The molecule has 0 aliphatic rings. The highest BCUT2D eigenvalue weighted by Crippen LogP contribution is 2.27. The highest BCUT2D eigenvalue weighted by atomic mass is 16.5. The van der Waals surface area contributed by atoms with E-state index in [9.17, 15) is 5.11 Å². The van der Waals surface area contributed by atoms with Crippen molar-refractivity contribution in [3.05, 3.63) is 162 Å². The van der Waals surface area contributed by atoms with Crippen molar-refractivity contribution < 1.29 is 23.8 Å². The molecule has 0 aliphatic carbocycles. The van der Waals surface area contributed by atoms with Crippen molar-refractivity contribution in [3.8, 4) is 68.8 Å². The lowest BCUT2D eigenvalue weighted by Gasteiger charge is -2.39. The van der Waals surface area contributed by atoms with Crippen molar-refractivity contribution >= 4 is 0 Å². The number of hydrogen-bond acceptors (Lipinski definition) is 7.